The Morgan fingerprint density at radius 1 is 1.27 bits per heavy atom. The van der Waals surface area contributed by atoms with Crippen molar-refractivity contribution in [2.24, 2.45) is 0 Å². The number of hydrazine groups is 1. The van der Waals surface area contributed by atoms with Crippen LogP contribution in [0, 0.1) is 5.82 Å². The van der Waals surface area contributed by atoms with Gasteiger partial charge in [0.2, 0.25) is 12.3 Å². The molecule has 0 bridgehead atoms. The third kappa shape index (κ3) is 5.91. The summed E-state index contributed by atoms with van der Waals surface area (Å²) in [4.78, 5) is 14.7. The van der Waals surface area contributed by atoms with Crippen molar-refractivity contribution in [3.05, 3.63) is 53.8 Å². The Balaban J connectivity index is 1.37. The third-order valence-corrected chi connectivity index (χ3v) is 5.84. The molecule has 2 aromatic rings. The van der Waals surface area contributed by atoms with E-state index in [1.165, 1.54) is 13.0 Å². The zero-order valence-electron chi connectivity index (χ0n) is 18.7. The van der Waals surface area contributed by atoms with E-state index in [1.807, 2.05) is 29.2 Å². The van der Waals surface area contributed by atoms with Gasteiger partial charge < -0.3 is 30.7 Å². The second-order valence-corrected chi connectivity index (χ2v) is 8.37. The van der Waals surface area contributed by atoms with E-state index in [4.69, 9.17) is 10.5 Å². The van der Waals surface area contributed by atoms with E-state index in [9.17, 15) is 9.90 Å². The Morgan fingerprint density at radius 2 is 2.12 bits per heavy atom. The fourth-order valence-electron chi connectivity index (χ4n) is 4.20. The monoisotopic (exact) mass is 458 g/mol. The van der Waals surface area contributed by atoms with Crippen LogP contribution in [0.5, 0.6) is 0 Å². The molecule has 4 rings (SSSR count). The molecule has 0 spiro atoms. The van der Waals surface area contributed by atoms with Gasteiger partial charge in [-0.25, -0.2) is 9.40 Å². The predicted octanol–water partition coefficient (Wildman–Crippen LogP) is 0.852. The second-order valence-electron chi connectivity index (χ2n) is 8.37. The SMILES string of the molecule is CC(=O)NC[C@H]1CN(c2ccc(N3CCNN(Cc4cccc(N)c4)CC3)c(F)c2)C(O)O1. The summed E-state index contributed by atoms with van der Waals surface area (Å²) in [5, 5.41) is 15.0. The Kier molecular flexibility index (Phi) is 7.29. The quantitative estimate of drug-likeness (QED) is 0.472. The van der Waals surface area contributed by atoms with Crippen LogP contribution in [0.25, 0.3) is 0 Å². The van der Waals surface area contributed by atoms with Gasteiger partial charge >= 0.3 is 0 Å². The molecule has 1 unspecified atom stereocenters. The van der Waals surface area contributed by atoms with Gasteiger partial charge in [0.25, 0.3) is 0 Å². The van der Waals surface area contributed by atoms with E-state index in [0.29, 0.717) is 44.1 Å². The van der Waals surface area contributed by atoms with E-state index < -0.39 is 6.41 Å². The first-order chi connectivity index (χ1) is 15.9. The lowest BCUT2D eigenvalue weighted by molar-refractivity contribution is -0.121. The molecule has 2 aromatic carbocycles. The van der Waals surface area contributed by atoms with Crippen LogP contribution >= 0.6 is 0 Å². The van der Waals surface area contributed by atoms with Crippen LogP contribution in [0.3, 0.4) is 0 Å². The van der Waals surface area contributed by atoms with E-state index in [-0.39, 0.29) is 24.4 Å². The topological polar surface area (TPSA) is 106 Å². The number of nitrogens with two attached hydrogens (primary N) is 1. The van der Waals surface area contributed by atoms with Crippen LogP contribution in [0.1, 0.15) is 12.5 Å². The highest BCUT2D eigenvalue weighted by Crippen LogP contribution is 2.29. The Hall–Kier alpha value is -2.92. The number of carbonyl (C=O) groups is 1. The Morgan fingerprint density at radius 3 is 2.88 bits per heavy atom. The number of amides is 1. The van der Waals surface area contributed by atoms with Crippen molar-refractivity contribution in [3.63, 3.8) is 0 Å². The Bertz CT molecular complexity index is 977. The third-order valence-electron chi connectivity index (χ3n) is 5.84. The number of ether oxygens (including phenoxy) is 1. The number of hydrogen-bond donors (Lipinski definition) is 4. The number of carbonyl (C=O) groups excluding carboxylic acids is 1. The van der Waals surface area contributed by atoms with Crippen molar-refractivity contribution < 1.29 is 19.0 Å². The first-order valence-electron chi connectivity index (χ1n) is 11.1. The number of hydrogen-bond acceptors (Lipinski definition) is 8. The zero-order valence-corrected chi connectivity index (χ0v) is 18.7. The van der Waals surface area contributed by atoms with Gasteiger partial charge in [-0.15, -0.1) is 0 Å². The molecule has 178 valence electrons. The highest BCUT2D eigenvalue weighted by Gasteiger charge is 2.32. The summed E-state index contributed by atoms with van der Waals surface area (Å²) in [6, 6.07) is 12.8. The lowest BCUT2D eigenvalue weighted by Crippen LogP contribution is -2.38. The van der Waals surface area contributed by atoms with Crippen molar-refractivity contribution in [2.45, 2.75) is 26.0 Å². The molecule has 0 aliphatic carbocycles. The number of nitrogens with one attached hydrogen (secondary N) is 2. The van der Waals surface area contributed by atoms with Crippen molar-refractivity contribution >= 4 is 23.0 Å². The van der Waals surface area contributed by atoms with Crippen LogP contribution in [-0.4, -0.2) is 67.8 Å². The van der Waals surface area contributed by atoms with Gasteiger partial charge in [-0.3, -0.25) is 10.2 Å². The molecule has 10 heteroatoms. The van der Waals surface area contributed by atoms with Crippen LogP contribution in [0.15, 0.2) is 42.5 Å². The maximum Gasteiger partial charge on any atom is 0.238 e. The van der Waals surface area contributed by atoms with E-state index in [2.05, 4.69) is 15.8 Å². The van der Waals surface area contributed by atoms with Crippen molar-refractivity contribution in [1.29, 1.82) is 0 Å². The number of halogens is 1. The number of aliphatic hydroxyl groups is 1. The first kappa shape index (κ1) is 23.2. The largest absolute Gasteiger partial charge is 0.399 e. The molecule has 9 nitrogen and oxygen atoms in total. The average molecular weight is 459 g/mol. The van der Waals surface area contributed by atoms with Gasteiger partial charge in [0.05, 0.1) is 18.3 Å². The van der Waals surface area contributed by atoms with Crippen molar-refractivity contribution in [3.8, 4) is 0 Å². The molecule has 2 aliphatic heterocycles. The molecule has 2 aliphatic rings. The van der Waals surface area contributed by atoms with Gasteiger partial charge in [0, 0.05) is 57.6 Å². The molecule has 1 amide bonds. The van der Waals surface area contributed by atoms with E-state index in [1.54, 1.807) is 17.0 Å². The minimum Gasteiger partial charge on any atom is -0.399 e. The van der Waals surface area contributed by atoms with Crippen LogP contribution in [0.2, 0.25) is 0 Å². The summed E-state index contributed by atoms with van der Waals surface area (Å²) >= 11 is 0. The molecule has 33 heavy (non-hydrogen) atoms. The summed E-state index contributed by atoms with van der Waals surface area (Å²) < 4.78 is 20.6. The lowest BCUT2D eigenvalue weighted by atomic mass is 10.2. The van der Waals surface area contributed by atoms with Gasteiger partial charge in [0.15, 0.2) is 0 Å². The molecule has 2 heterocycles. The van der Waals surface area contributed by atoms with E-state index in [0.717, 1.165) is 17.8 Å². The lowest BCUT2D eigenvalue weighted by Gasteiger charge is -2.25. The highest BCUT2D eigenvalue weighted by molar-refractivity contribution is 5.72. The highest BCUT2D eigenvalue weighted by atomic mass is 19.1. The number of aliphatic hydroxyl groups excluding tert-OH is 1. The second kappa shape index (κ2) is 10.3. The van der Waals surface area contributed by atoms with Crippen LogP contribution in [-0.2, 0) is 16.1 Å². The fraction of sp³-hybridized carbons (Fsp3) is 0.435. The minimum absolute atomic E-state index is 0.166. The molecular weight excluding hydrogens is 427 g/mol. The van der Waals surface area contributed by atoms with Crippen molar-refractivity contribution in [1.82, 2.24) is 15.8 Å². The standard InChI is InChI=1S/C23H31FN6O3/c1-16(31)26-13-20-15-30(23(32)33-20)19-5-6-22(21(24)12-19)28-8-7-27-29(10-9-28)14-17-3-2-4-18(25)11-17/h2-6,11-12,20,23,27,32H,7-10,13-15,25H2,1H3,(H,26,31)/t20-,23?/m0/s1. The fourth-order valence-corrected chi connectivity index (χ4v) is 4.20. The molecule has 5 N–H and O–H groups in total. The number of rotatable bonds is 6. The molecular formula is C23H31FN6O3. The van der Waals surface area contributed by atoms with Gasteiger partial charge in [0.1, 0.15) is 5.82 Å². The molecule has 2 fully saturated rings. The molecule has 0 aromatic heterocycles. The molecule has 2 saturated heterocycles. The number of nitrogen functional groups attached to an aromatic ring is 1. The molecule has 2 atom stereocenters. The average Bonchev–Trinajstić information content (AvgIpc) is 2.99. The first-order valence-corrected chi connectivity index (χ1v) is 11.1. The summed E-state index contributed by atoms with van der Waals surface area (Å²) in [7, 11) is 0. The molecule has 0 saturated carbocycles. The normalized spacial score (nSPS) is 21.8. The summed E-state index contributed by atoms with van der Waals surface area (Å²) in [6.45, 7) is 5.52. The summed E-state index contributed by atoms with van der Waals surface area (Å²) in [5.41, 5.74) is 12.2. The van der Waals surface area contributed by atoms with E-state index >= 15 is 4.39 Å². The maximum atomic E-state index is 15.1. The zero-order chi connectivity index (χ0) is 23.4. The number of nitrogens with zero attached hydrogens (tertiary/aromatic N) is 3. The predicted molar refractivity (Wildman–Crippen MR) is 125 cm³/mol. The van der Waals surface area contributed by atoms with Crippen LogP contribution in [0.4, 0.5) is 21.5 Å². The van der Waals surface area contributed by atoms with Gasteiger partial charge in [-0.1, -0.05) is 12.1 Å². The smallest absolute Gasteiger partial charge is 0.238 e. The van der Waals surface area contributed by atoms with Crippen molar-refractivity contribution in [2.75, 3.05) is 54.8 Å². The molecule has 0 radical (unpaired) electrons. The van der Waals surface area contributed by atoms with Gasteiger partial charge in [-0.2, -0.15) is 0 Å². The van der Waals surface area contributed by atoms with Crippen LogP contribution < -0.4 is 26.3 Å². The summed E-state index contributed by atoms with van der Waals surface area (Å²) in [6.07, 6.45) is -1.55. The number of benzene rings is 2. The maximum absolute atomic E-state index is 15.1. The number of anilines is 3. The van der Waals surface area contributed by atoms with Gasteiger partial charge in [-0.05, 0) is 35.9 Å². The summed E-state index contributed by atoms with van der Waals surface area (Å²) in [5.74, 6) is -0.519. The minimum atomic E-state index is -1.18. The Labute approximate surface area is 192 Å².